The van der Waals surface area contributed by atoms with Crippen LogP contribution in [0.1, 0.15) is 22.3 Å². The van der Waals surface area contributed by atoms with Crippen LogP contribution >= 0.6 is 27.5 Å². The molecule has 94 valence electrons. The number of nitrogen functional groups attached to an aromatic ring is 1. The largest absolute Gasteiger partial charge is 0.397 e. The second-order valence-corrected chi connectivity index (χ2v) is 5.06. The van der Waals surface area contributed by atoms with E-state index < -0.39 is 0 Å². The molecule has 0 aliphatic carbocycles. The van der Waals surface area contributed by atoms with Gasteiger partial charge in [0.15, 0.2) is 0 Å². The molecule has 0 aromatic carbocycles. The van der Waals surface area contributed by atoms with Crippen molar-refractivity contribution in [3.63, 3.8) is 0 Å². The molecule has 0 saturated heterocycles. The number of carbonyl (C=O) groups excluding carboxylic acids is 1. The smallest absolute Gasteiger partial charge is 0.270 e. The molecule has 2 aromatic heterocycles. The fraction of sp³-hybridized carbons (Fsp3) is 0.200. The normalized spacial score (nSPS) is 10.3. The van der Waals surface area contributed by atoms with Gasteiger partial charge in [0.05, 0.1) is 22.1 Å². The Labute approximate surface area is 116 Å². The summed E-state index contributed by atoms with van der Waals surface area (Å²) in [6.45, 7) is 1.92. The number of carbonyl (C=O) groups is 1. The Morgan fingerprint density at radius 1 is 1.61 bits per heavy atom. The molecule has 1 amide bonds. The van der Waals surface area contributed by atoms with Gasteiger partial charge in [-0.15, -0.1) is 5.10 Å². The summed E-state index contributed by atoms with van der Waals surface area (Å²) in [5.74, 6) is 0.157. The minimum absolute atomic E-state index is 0.264. The van der Waals surface area contributed by atoms with Gasteiger partial charge in [-0.3, -0.25) is 4.79 Å². The van der Waals surface area contributed by atoms with Crippen LogP contribution in [-0.2, 0) is 6.42 Å². The second-order valence-electron chi connectivity index (χ2n) is 3.46. The molecule has 0 aliphatic heterocycles. The first kappa shape index (κ1) is 12.9. The molecule has 2 heterocycles. The van der Waals surface area contributed by atoms with E-state index in [1.807, 2.05) is 6.92 Å². The third-order valence-corrected chi connectivity index (χ3v) is 3.56. The molecule has 0 atom stereocenters. The fourth-order valence-corrected chi connectivity index (χ4v) is 2.43. The summed E-state index contributed by atoms with van der Waals surface area (Å²) < 4.78 is 4.40. The number of amides is 1. The van der Waals surface area contributed by atoms with E-state index >= 15 is 0 Å². The lowest BCUT2D eigenvalue weighted by molar-refractivity contribution is 0.102. The van der Waals surface area contributed by atoms with E-state index in [2.05, 4.69) is 35.8 Å². The van der Waals surface area contributed by atoms with Crippen LogP contribution in [0.15, 0.2) is 16.7 Å². The molecule has 0 fully saturated rings. The van der Waals surface area contributed by atoms with Gasteiger partial charge in [0, 0.05) is 0 Å². The number of nitrogens with two attached hydrogens (primary N) is 1. The number of rotatable bonds is 3. The van der Waals surface area contributed by atoms with Gasteiger partial charge in [-0.05, 0) is 39.9 Å². The van der Waals surface area contributed by atoms with Crippen LogP contribution in [-0.4, -0.2) is 20.5 Å². The average Bonchev–Trinajstić information content (AvgIpc) is 2.81. The summed E-state index contributed by atoms with van der Waals surface area (Å²) in [6.07, 6.45) is 2.14. The number of hydrogen-bond acceptors (Lipinski definition) is 6. The minimum atomic E-state index is -0.264. The molecule has 0 unspecified atom stereocenters. The van der Waals surface area contributed by atoms with Crippen molar-refractivity contribution < 1.29 is 4.79 Å². The van der Waals surface area contributed by atoms with Crippen molar-refractivity contribution in [1.82, 2.24) is 14.6 Å². The predicted octanol–water partition coefficient (Wildman–Crippen LogP) is 2.09. The number of aryl methyl sites for hydroxylation is 1. The van der Waals surface area contributed by atoms with Gasteiger partial charge in [-0.1, -0.05) is 11.4 Å². The summed E-state index contributed by atoms with van der Waals surface area (Å²) in [5, 5.41) is 6.58. The van der Waals surface area contributed by atoms with E-state index in [4.69, 9.17) is 5.73 Å². The van der Waals surface area contributed by atoms with E-state index in [1.54, 1.807) is 6.07 Å². The summed E-state index contributed by atoms with van der Waals surface area (Å²) in [5.41, 5.74) is 6.78. The third-order valence-electron chi connectivity index (χ3n) is 2.19. The molecule has 3 N–H and O–H groups in total. The van der Waals surface area contributed by atoms with Gasteiger partial charge >= 0.3 is 0 Å². The highest BCUT2D eigenvalue weighted by atomic mass is 79.9. The lowest BCUT2D eigenvalue weighted by atomic mass is 10.3. The van der Waals surface area contributed by atoms with Gasteiger partial charge in [-0.25, -0.2) is 4.98 Å². The van der Waals surface area contributed by atoms with E-state index in [0.29, 0.717) is 33.0 Å². The summed E-state index contributed by atoms with van der Waals surface area (Å²) >= 11 is 4.36. The summed E-state index contributed by atoms with van der Waals surface area (Å²) in [7, 11) is 0. The van der Waals surface area contributed by atoms with Crippen LogP contribution in [0.3, 0.4) is 0 Å². The second kappa shape index (κ2) is 5.40. The van der Waals surface area contributed by atoms with E-state index in [0.717, 1.165) is 11.5 Å². The molecular formula is C10H10BrN5OS. The zero-order valence-corrected chi connectivity index (χ0v) is 11.9. The highest BCUT2D eigenvalue weighted by Gasteiger charge is 2.16. The van der Waals surface area contributed by atoms with Gasteiger partial charge in [-0.2, -0.15) is 0 Å². The van der Waals surface area contributed by atoms with Crippen molar-refractivity contribution in [2.24, 2.45) is 0 Å². The van der Waals surface area contributed by atoms with Crippen LogP contribution < -0.4 is 11.1 Å². The topological polar surface area (TPSA) is 93.8 Å². The Morgan fingerprint density at radius 2 is 2.39 bits per heavy atom. The number of halogens is 1. The molecular weight excluding hydrogens is 318 g/mol. The Hall–Kier alpha value is -1.54. The number of hydrogen-bond donors (Lipinski definition) is 2. The lowest BCUT2D eigenvalue weighted by Crippen LogP contribution is -2.14. The molecule has 8 heteroatoms. The molecule has 0 radical (unpaired) electrons. The molecule has 0 aliphatic rings. The number of nitrogens with zero attached hydrogens (tertiary/aromatic N) is 3. The van der Waals surface area contributed by atoms with Crippen LogP contribution in [0.4, 0.5) is 11.5 Å². The number of nitrogens with one attached hydrogen (secondary N) is 1. The first-order valence-corrected chi connectivity index (χ1v) is 6.72. The lowest BCUT2D eigenvalue weighted by Gasteiger charge is -2.05. The van der Waals surface area contributed by atoms with E-state index in [9.17, 15) is 4.79 Å². The fourth-order valence-electron chi connectivity index (χ4n) is 1.32. The van der Waals surface area contributed by atoms with Crippen LogP contribution in [0, 0.1) is 0 Å². The number of pyridine rings is 1. The highest BCUT2D eigenvalue weighted by molar-refractivity contribution is 9.10. The first-order valence-electron chi connectivity index (χ1n) is 5.15. The Bertz CT molecular complexity index is 585. The van der Waals surface area contributed by atoms with Crippen molar-refractivity contribution in [1.29, 1.82) is 0 Å². The predicted molar refractivity (Wildman–Crippen MR) is 73.6 cm³/mol. The summed E-state index contributed by atoms with van der Waals surface area (Å²) in [4.78, 5) is 16.6. The van der Waals surface area contributed by atoms with E-state index in [-0.39, 0.29) is 5.91 Å². The maximum Gasteiger partial charge on any atom is 0.270 e. The van der Waals surface area contributed by atoms with Crippen molar-refractivity contribution in [3.8, 4) is 0 Å². The molecule has 0 spiro atoms. The Balaban J connectivity index is 2.21. The number of anilines is 2. The van der Waals surface area contributed by atoms with Crippen LogP contribution in [0.2, 0.25) is 0 Å². The standard InChI is InChI=1S/C10H10BrN5OS/c1-2-7-8(18-16-15-7)10(17)14-9-6(11)3-5(12)4-13-9/h3-4H,2,12H2,1H3,(H,13,14,17). The monoisotopic (exact) mass is 327 g/mol. The van der Waals surface area contributed by atoms with Crippen molar-refractivity contribution in [3.05, 3.63) is 27.3 Å². The maximum absolute atomic E-state index is 12.0. The first-order chi connectivity index (χ1) is 8.61. The molecule has 0 saturated carbocycles. The van der Waals surface area contributed by atoms with Gasteiger partial charge in [0.25, 0.3) is 5.91 Å². The van der Waals surface area contributed by atoms with E-state index in [1.165, 1.54) is 6.20 Å². The van der Waals surface area contributed by atoms with Gasteiger partial charge in [0.1, 0.15) is 10.7 Å². The highest BCUT2D eigenvalue weighted by Crippen LogP contribution is 2.23. The van der Waals surface area contributed by atoms with Gasteiger partial charge in [0.2, 0.25) is 0 Å². The average molecular weight is 328 g/mol. The van der Waals surface area contributed by atoms with Crippen molar-refractivity contribution >= 4 is 44.9 Å². The molecule has 6 nitrogen and oxygen atoms in total. The Kier molecular flexibility index (Phi) is 3.87. The SMILES string of the molecule is CCc1nnsc1C(=O)Nc1ncc(N)cc1Br. The zero-order chi connectivity index (χ0) is 13.1. The minimum Gasteiger partial charge on any atom is -0.397 e. The maximum atomic E-state index is 12.0. The van der Waals surface area contributed by atoms with Crippen LogP contribution in [0.25, 0.3) is 0 Å². The van der Waals surface area contributed by atoms with Crippen molar-refractivity contribution in [2.75, 3.05) is 11.1 Å². The Morgan fingerprint density at radius 3 is 3.06 bits per heavy atom. The molecule has 0 bridgehead atoms. The quantitative estimate of drug-likeness (QED) is 0.900. The number of aromatic nitrogens is 3. The van der Waals surface area contributed by atoms with Crippen LogP contribution in [0.5, 0.6) is 0 Å². The third kappa shape index (κ3) is 2.65. The van der Waals surface area contributed by atoms with Gasteiger partial charge < -0.3 is 11.1 Å². The van der Waals surface area contributed by atoms with Crippen molar-refractivity contribution in [2.45, 2.75) is 13.3 Å². The molecule has 18 heavy (non-hydrogen) atoms. The molecule has 2 aromatic rings. The molecule has 2 rings (SSSR count). The zero-order valence-electron chi connectivity index (χ0n) is 9.48. The summed E-state index contributed by atoms with van der Waals surface area (Å²) in [6, 6.07) is 1.67.